The molecule has 0 unspecified atom stereocenters. The average molecular weight is 264 g/mol. The second kappa shape index (κ2) is 4.99. The van der Waals surface area contributed by atoms with E-state index in [4.69, 9.17) is 0 Å². The Morgan fingerprint density at radius 3 is 2.26 bits per heavy atom. The molecule has 1 amide bonds. The second-order valence-corrected chi connectivity index (χ2v) is 5.76. The summed E-state index contributed by atoms with van der Waals surface area (Å²) in [6, 6.07) is 1.71. The zero-order valence-electron chi connectivity index (χ0n) is 11.9. The molecule has 0 aromatic carbocycles. The van der Waals surface area contributed by atoms with Crippen molar-refractivity contribution < 1.29 is 14.7 Å². The molecule has 0 fully saturated rings. The zero-order chi connectivity index (χ0) is 14.8. The second-order valence-electron chi connectivity index (χ2n) is 5.76. The molecule has 0 spiro atoms. The molecule has 0 atom stereocenters. The fraction of sp³-hybridized carbons (Fsp3) is 0.500. The minimum absolute atomic E-state index is 0.324. The number of pyridine rings is 1. The Kier molecular flexibility index (Phi) is 3.98. The van der Waals surface area contributed by atoms with Crippen molar-refractivity contribution in [2.24, 2.45) is 5.41 Å². The van der Waals surface area contributed by atoms with Gasteiger partial charge in [0.05, 0.1) is 16.5 Å². The molecule has 0 radical (unpaired) electrons. The van der Waals surface area contributed by atoms with E-state index in [-0.39, 0.29) is 5.91 Å². The lowest BCUT2D eigenvalue weighted by molar-refractivity contribution is -0.150. The standard InChI is InChI=1S/C14H20N2O3/c1-9-6-10(8-15-7-9)11(17)16-14(4,5)13(2,3)12(18)19/h6-8H,1-5H3,(H,16,17)(H,18,19). The molecule has 1 rings (SSSR count). The Morgan fingerprint density at radius 1 is 1.21 bits per heavy atom. The van der Waals surface area contributed by atoms with Gasteiger partial charge in [-0.1, -0.05) is 0 Å². The number of aliphatic carboxylic acids is 1. The van der Waals surface area contributed by atoms with Crippen molar-refractivity contribution >= 4 is 11.9 Å². The van der Waals surface area contributed by atoms with Crippen molar-refractivity contribution in [2.75, 3.05) is 0 Å². The molecule has 1 heterocycles. The Hall–Kier alpha value is -1.91. The number of aryl methyl sites for hydroxylation is 1. The van der Waals surface area contributed by atoms with Crippen molar-refractivity contribution in [3.63, 3.8) is 0 Å². The van der Waals surface area contributed by atoms with Crippen LogP contribution in [-0.2, 0) is 4.79 Å². The van der Waals surface area contributed by atoms with E-state index in [1.54, 1.807) is 40.0 Å². The van der Waals surface area contributed by atoms with Crippen LogP contribution in [0.2, 0.25) is 0 Å². The normalized spacial score (nSPS) is 12.1. The van der Waals surface area contributed by atoms with Crippen LogP contribution >= 0.6 is 0 Å². The Balaban J connectivity index is 2.96. The van der Waals surface area contributed by atoms with Crippen LogP contribution in [0, 0.1) is 12.3 Å². The zero-order valence-corrected chi connectivity index (χ0v) is 11.9. The van der Waals surface area contributed by atoms with Gasteiger partial charge in [0.25, 0.3) is 5.91 Å². The number of carboxylic acids is 1. The molecule has 1 aromatic heterocycles. The van der Waals surface area contributed by atoms with Gasteiger partial charge in [-0.15, -0.1) is 0 Å². The first-order valence-corrected chi connectivity index (χ1v) is 6.05. The molecule has 1 aromatic rings. The summed E-state index contributed by atoms with van der Waals surface area (Å²) in [6.45, 7) is 8.41. The van der Waals surface area contributed by atoms with Crippen LogP contribution < -0.4 is 5.32 Å². The summed E-state index contributed by atoms with van der Waals surface area (Å²) in [7, 11) is 0. The number of rotatable bonds is 4. The minimum atomic E-state index is -1.08. The quantitative estimate of drug-likeness (QED) is 0.871. The highest BCUT2D eigenvalue weighted by atomic mass is 16.4. The Bertz CT molecular complexity index is 507. The average Bonchev–Trinajstić information content (AvgIpc) is 2.27. The highest BCUT2D eigenvalue weighted by Crippen LogP contribution is 2.30. The maximum absolute atomic E-state index is 12.1. The van der Waals surface area contributed by atoms with Gasteiger partial charge in [0.2, 0.25) is 0 Å². The number of hydrogen-bond donors (Lipinski definition) is 2. The van der Waals surface area contributed by atoms with Gasteiger partial charge in [-0.25, -0.2) is 0 Å². The molecule has 5 nitrogen and oxygen atoms in total. The van der Waals surface area contributed by atoms with Gasteiger partial charge in [-0.3, -0.25) is 14.6 Å². The number of carboxylic acid groups (broad SMARTS) is 1. The summed E-state index contributed by atoms with van der Waals surface area (Å²) in [4.78, 5) is 27.4. The summed E-state index contributed by atoms with van der Waals surface area (Å²) in [5, 5.41) is 12.0. The lowest BCUT2D eigenvalue weighted by Crippen LogP contribution is -2.57. The highest BCUT2D eigenvalue weighted by Gasteiger charge is 2.44. The predicted molar refractivity (Wildman–Crippen MR) is 71.9 cm³/mol. The van der Waals surface area contributed by atoms with Crippen molar-refractivity contribution in [1.82, 2.24) is 10.3 Å². The van der Waals surface area contributed by atoms with E-state index in [1.165, 1.54) is 6.20 Å². The number of nitrogens with zero attached hydrogens (tertiary/aromatic N) is 1. The van der Waals surface area contributed by atoms with Crippen LogP contribution in [0.1, 0.15) is 43.6 Å². The molecule has 5 heteroatoms. The van der Waals surface area contributed by atoms with Crippen LogP contribution in [0.3, 0.4) is 0 Å². The van der Waals surface area contributed by atoms with Crippen LogP contribution in [0.4, 0.5) is 0 Å². The van der Waals surface area contributed by atoms with E-state index in [0.29, 0.717) is 5.56 Å². The number of hydrogen-bond acceptors (Lipinski definition) is 3. The molecule has 0 saturated heterocycles. The maximum Gasteiger partial charge on any atom is 0.311 e. The third-order valence-corrected chi connectivity index (χ3v) is 3.66. The Morgan fingerprint density at radius 2 is 1.79 bits per heavy atom. The molecule has 19 heavy (non-hydrogen) atoms. The molecule has 0 aliphatic carbocycles. The van der Waals surface area contributed by atoms with Crippen molar-refractivity contribution in [2.45, 2.75) is 40.2 Å². The molecule has 0 aliphatic heterocycles. The van der Waals surface area contributed by atoms with Gasteiger partial charge in [0, 0.05) is 12.4 Å². The summed E-state index contributed by atoms with van der Waals surface area (Å²) in [5.41, 5.74) is -0.670. The first-order chi connectivity index (χ1) is 8.58. The highest BCUT2D eigenvalue weighted by molar-refractivity contribution is 5.95. The monoisotopic (exact) mass is 264 g/mol. The van der Waals surface area contributed by atoms with E-state index < -0.39 is 16.9 Å². The van der Waals surface area contributed by atoms with Crippen molar-refractivity contribution in [3.05, 3.63) is 29.6 Å². The summed E-state index contributed by atoms with van der Waals surface area (Å²) in [5.74, 6) is -1.28. The van der Waals surface area contributed by atoms with E-state index >= 15 is 0 Å². The number of carbonyl (C=O) groups excluding carboxylic acids is 1. The largest absolute Gasteiger partial charge is 0.481 e. The lowest BCUT2D eigenvalue weighted by Gasteiger charge is -2.38. The number of aromatic nitrogens is 1. The van der Waals surface area contributed by atoms with Crippen molar-refractivity contribution in [1.29, 1.82) is 0 Å². The first kappa shape index (κ1) is 15.1. The molecular formula is C14H20N2O3. The van der Waals surface area contributed by atoms with Gasteiger partial charge in [-0.2, -0.15) is 0 Å². The smallest absolute Gasteiger partial charge is 0.311 e. The summed E-state index contributed by atoms with van der Waals surface area (Å²) < 4.78 is 0. The minimum Gasteiger partial charge on any atom is -0.481 e. The van der Waals surface area contributed by atoms with Gasteiger partial charge < -0.3 is 10.4 Å². The predicted octanol–water partition coefficient (Wildman–Crippen LogP) is 2.01. The first-order valence-electron chi connectivity index (χ1n) is 6.05. The number of carbonyl (C=O) groups is 2. The van der Waals surface area contributed by atoms with E-state index in [9.17, 15) is 14.7 Å². The lowest BCUT2D eigenvalue weighted by atomic mass is 9.74. The van der Waals surface area contributed by atoms with Crippen LogP contribution in [0.5, 0.6) is 0 Å². The number of nitrogens with one attached hydrogen (secondary N) is 1. The van der Waals surface area contributed by atoms with Crippen LogP contribution in [-0.4, -0.2) is 27.5 Å². The Labute approximate surface area is 113 Å². The number of amides is 1. The van der Waals surface area contributed by atoms with E-state index in [1.807, 2.05) is 6.92 Å². The van der Waals surface area contributed by atoms with Crippen LogP contribution in [0.15, 0.2) is 18.5 Å². The summed E-state index contributed by atoms with van der Waals surface area (Å²) >= 11 is 0. The molecular weight excluding hydrogens is 244 g/mol. The van der Waals surface area contributed by atoms with Gasteiger partial charge in [-0.05, 0) is 46.2 Å². The third kappa shape index (κ3) is 3.10. The van der Waals surface area contributed by atoms with Crippen molar-refractivity contribution in [3.8, 4) is 0 Å². The van der Waals surface area contributed by atoms with E-state index in [0.717, 1.165) is 5.56 Å². The SMILES string of the molecule is Cc1cncc(C(=O)NC(C)(C)C(C)(C)C(=O)O)c1. The maximum atomic E-state index is 12.1. The summed E-state index contributed by atoms with van der Waals surface area (Å²) in [6.07, 6.45) is 3.12. The van der Waals surface area contributed by atoms with Gasteiger partial charge in [0.1, 0.15) is 0 Å². The fourth-order valence-corrected chi connectivity index (χ4v) is 1.46. The third-order valence-electron chi connectivity index (χ3n) is 3.66. The van der Waals surface area contributed by atoms with Gasteiger partial charge >= 0.3 is 5.97 Å². The fourth-order valence-electron chi connectivity index (χ4n) is 1.46. The topological polar surface area (TPSA) is 79.3 Å². The molecule has 2 N–H and O–H groups in total. The van der Waals surface area contributed by atoms with E-state index in [2.05, 4.69) is 10.3 Å². The van der Waals surface area contributed by atoms with Crippen LogP contribution in [0.25, 0.3) is 0 Å². The molecule has 0 bridgehead atoms. The molecule has 0 aliphatic rings. The molecule has 104 valence electrons. The molecule has 0 saturated carbocycles. The van der Waals surface area contributed by atoms with Gasteiger partial charge in [0.15, 0.2) is 0 Å².